The summed E-state index contributed by atoms with van der Waals surface area (Å²) in [7, 11) is -2.00. The van der Waals surface area contributed by atoms with E-state index in [-0.39, 0.29) is 11.5 Å². The molecule has 0 aliphatic rings. The van der Waals surface area contributed by atoms with E-state index in [4.69, 9.17) is 9.47 Å². The molecule has 1 aromatic rings. The minimum absolute atomic E-state index is 0.269. The highest BCUT2D eigenvalue weighted by Crippen LogP contribution is 2.31. The molecule has 15 heavy (non-hydrogen) atoms. The van der Waals surface area contributed by atoms with E-state index in [2.05, 4.69) is 0 Å². The average molecular weight is 234 g/mol. The smallest absolute Gasteiger partial charge is 0.332 e. The van der Waals surface area contributed by atoms with Crippen LogP contribution in [0.25, 0.3) is 0 Å². The Labute approximate surface area is 87.8 Å². The van der Waals surface area contributed by atoms with Gasteiger partial charge >= 0.3 is 10.2 Å². The molecule has 0 saturated heterocycles. The van der Waals surface area contributed by atoms with Crippen LogP contribution in [0.4, 0.5) is 3.89 Å². The van der Waals surface area contributed by atoms with Crippen molar-refractivity contribution in [1.29, 1.82) is 0 Å². The maximum absolute atomic E-state index is 12.7. The molecule has 0 amide bonds. The Morgan fingerprint density at radius 1 is 1.13 bits per heavy atom. The summed E-state index contributed by atoms with van der Waals surface area (Å²) in [5.41, 5.74) is 0.618. The fourth-order valence-corrected chi connectivity index (χ4v) is 1.70. The van der Waals surface area contributed by atoms with E-state index >= 15 is 0 Å². The van der Waals surface area contributed by atoms with Crippen molar-refractivity contribution in [3.63, 3.8) is 0 Å². The molecule has 0 aliphatic heterocycles. The zero-order valence-electron chi connectivity index (χ0n) is 8.57. The van der Waals surface area contributed by atoms with Crippen molar-refractivity contribution in [3.8, 4) is 11.5 Å². The summed E-state index contributed by atoms with van der Waals surface area (Å²) in [6.45, 7) is 1.69. The number of hydrogen-bond donors (Lipinski definition) is 0. The highest BCUT2D eigenvalue weighted by molar-refractivity contribution is 7.86. The van der Waals surface area contributed by atoms with Crippen molar-refractivity contribution >= 4 is 10.2 Å². The highest BCUT2D eigenvalue weighted by Gasteiger charge is 2.17. The number of methoxy groups -OCH3 is 2. The van der Waals surface area contributed by atoms with Crippen LogP contribution in [0.3, 0.4) is 0 Å². The Hall–Kier alpha value is -1.30. The SMILES string of the molecule is COc1cc(S(=O)(=O)F)cc(OC)c1C. The molecule has 0 radical (unpaired) electrons. The van der Waals surface area contributed by atoms with Gasteiger partial charge in [-0.05, 0) is 6.92 Å². The van der Waals surface area contributed by atoms with Gasteiger partial charge in [0.2, 0.25) is 0 Å². The molecule has 0 heterocycles. The monoisotopic (exact) mass is 234 g/mol. The molecule has 6 heteroatoms. The fraction of sp³-hybridized carbons (Fsp3) is 0.333. The second kappa shape index (κ2) is 4.06. The molecule has 0 aromatic heterocycles. The van der Waals surface area contributed by atoms with E-state index in [0.29, 0.717) is 5.56 Å². The molecule has 0 saturated carbocycles. The molecule has 0 fully saturated rings. The molecule has 0 aliphatic carbocycles. The largest absolute Gasteiger partial charge is 0.496 e. The molecule has 4 nitrogen and oxygen atoms in total. The van der Waals surface area contributed by atoms with Crippen molar-refractivity contribution in [2.75, 3.05) is 14.2 Å². The predicted octanol–water partition coefficient (Wildman–Crippen LogP) is 1.67. The zero-order chi connectivity index (χ0) is 11.6. The lowest BCUT2D eigenvalue weighted by Crippen LogP contribution is -1.98. The van der Waals surface area contributed by atoms with Crippen LogP contribution >= 0.6 is 0 Å². The number of hydrogen-bond acceptors (Lipinski definition) is 4. The quantitative estimate of drug-likeness (QED) is 0.746. The van der Waals surface area contributed by atoms with Crippen molar-refractivity contribution in [1.82, 2.24) is 0 Å². The van der Waals surface area contributed by atoms with Gasteiger partial charge in [0.15, 0.2) is 0 Å². The van der Waals surface area contributed by atoms with Crippen LogP contribution in [-0.2, 0) is 10.2 Å². The van der Waals surface area contributed by atoms with Crippen molar-refractivity contribution in [2.45, 2.75) is 11.8 Å². The molecular weight excluding hydrogens is 223 g/mol. The summed E-state index contributed by atoms with van der Waals surface area (Å²) in [4.78, 5) is -0.471. The third kappa shape index (κ3) is 2.38. The molecule has 0 N–H and O–H groups in total. The van der Waals surface area contributed by atoms with E-state index in [1.54, 1.807) is 6.92 Å². The maximum Gasteiger partial charge on any atom is 0.332 e. The van der Waals surface area contributed by atoms with Gasteiger partial charge in [-0.3, -0.25) is 0 Å². The van der Waals surface area contributed by atoms with Crippen LogP contribution in [0, 0.1) is 6.92 Å². The summed E-state index contributed by atoms with van der Waals surface area (Å²) >= 11 is 0. The molecule has 0 spiro atoms. The first-order valence-corrected chi connectivity index (χ1v) is 5.45. The Morgan fingerprint density at radius 3 is 1.80 bits per heavy atom. The third-order valence-corrected chi connectivity index (χ3v) is 2.81. The van der Waals surface area contributed by atoms with Crippen LogP contribution in [0.1, 0.15) is 5.56 Å². The Bertz CT molecular complexity index is 442. The molecular formula is C9H11FO4S. The van der Waals surface area contributed by atoms with E-state index in [1.807, 2.05) is 0 Å². The van der Waals surface area contributed by atoms with Crippen LogP contribution in [-0.4, -0.2) is 22.6 Å². The van der Waals surface area contributed by atoms with Gasteiger partial charge < -0.3 is 9.47 Å². The van der Waals surface area contributed by atoms with Gasteiger partial charge in [-0.1, -0.05) is 0 Å². The fourth-order valence-electron chi connectivity index (χ4n) is 1.20. The van der Waals surface area contributed by atoms with Crippen LogP contribution in [0.15, 0.2) is 17.0 Å². The predicted molar refractivity (Wildman–Crippen MR) is 52.6 cm³/mol. The van der Waals surface area contributed by atoms with Crippen molar-refractivity contribution < 1.29 is 21.8 Å². The lowest BCUT2D eigenvalue weighted by Gasteiger charge is -2.10. The zero-order valence-corrected chi connectivity index (χ0v) is 9.39. The lowest BCUT2D eigenvalue weighted by molar-refractivity contribution is 0.386. The summed E-state index contributed by atoms with van der Waals surface area (Å²) in [6, 6.07) is 2.24. The number of rotatable bonds is 3. The Morgan fingerprint density at radius 2 is 1.53 bits per heavy atom. The van der Waals surface area contributed by atoms with Gasteiger partial charge in [0.25, 0.3) is 0 Å². The molecule has 1 aromatic carbocycles. The number of ether oxygens (including phenoxy) is 2. The summed E-state index contributed by atoms with van der Waals surface area (Å²) in [5.74, 6) is 0.538. The Balaban J connectivity index is 3.47. The second-order valence-corrected chi connectivity index (χ2v) is 4.24. The number of benzene rings is 1. The van der Waals surface area contributed by atoms with Gasteiger partial charge in [-0.2, -0.15) is 8.42 Å². The molecule has 84 valence electrons. The van der Waals surface area contributed by atoms with Gasteiger partial charge in [0.1, 0.15) is 16.4 Å². The first-order valence-electron chi connectivity index (χ1n) is 4.07. The van der Waals surface area contributed by atoms with E-state index in [0.717, 1.165) is 12.1 Å². The lowest BCUT2D eigenvalue weighted by atomic mass is 10.2. The molecule has 0 bridgehead atoms. The van der Waals surface area contributed by atoms with E-state index < -0.39 is 15.1 Å². The Kier molecular flexibility index (Phi) is 3.18. The normalized spacial score (nSPS) is 11.2. The molecule has 0 unspecified atom stereocenters. The van der Waals surface area contributed by atoms with Crippen molar-refractivity contribution in [2.24, 2.45) is 0 Å². The minimum atomic E-state index is -4.74. The van der Waals surface area contributed by atoms with Gasteiger partial charge in [0.05, 0.1) is 14.2 Å². The third-order valence-electron chi connectivity index (χ3n) is 2.01. The first kappa shape index (κ1) is 11.8. The van der Waals surface area contributed by atoms with Crippen LogP contribution in [0.5, 0.6) is 11.5 Å². The summed E-state index contributed by atoms with van der Waals surface area (Å²) in [5, 5.41) is 0. The minimum Gasteiger partial charge on any atom is -0.496 e. The number of halogens is 1. The molecule has 0 atom stereocenters. The average Bonchev–Trinajstić information content (AvgIpc) is 2.16. The summed E-state index contributed by atoms with van der Waals surface area (Å²) < 4.78 is 44.0. The van der Waals surface area contributed by atoms with Gasteiger partial charge in [0, 0.05) is 17.7 Å². The highest BCUT2D eigenvalue weighted by atomic mass is 32.3. The van der Waals surface area contributed by atoms with Crippen LogP contribution in [0.2, 0.25) is 0 Å². The van der Waals surface area contributed by atoms with Gasteiger partial charge in [-0.25, -0.2) is 0 Å². The van der Waals surface area contributed by atoms with E-state index in [1.165, 1.54) is 14.2 Å². The summed E-state index contributed by atoms with van der Waals surface area (Å²) in [6.07, 6.45) is 0. The van der Waals surface area contributed by atoms with Crippen LogP contribution < -0.4 is 9.47 Å². The topological polar surface area (TPSA) is 52.6 Å². The second-order valence-electron chi connectivity index (χ2n) is 2.89. The van der Waals surface area contributed by atoms with Gasteiger partial charge in [-0.15, -0.1) is 3.89 Å². The van der Waals surface area contributed by atoms with E-state index in [9.17, 15) is 12.3 Å². The maximum atomic E-state index is 12.7. The molecule has 1 rings (SSSR count). The van der Waals surface area contributed by atoms with Crippen molar-refractivity contribution in [3.05, 3.63) is 17.7 Å². The first-order chi connectivity index (χ1) is 6.90. The standard InChI is InChI=1S/C9H11FO4S/c1-6-8(13-2)4-7(15(10,11)12)5-9(6)14-3/h4-5H,1-3H3.